The van der Waals surface area contributed by atoms with Gasteiger partial charge in [-0.05, 0) is 80.5 Å². The first-order chi connectivity index (χ1) is 23.7. The van der Waals surface area contributed by atoms with Crippen LogP contribution < -0.4 is 0 Å². The molecule has 0 unspecified atom stereocenters. The highest BCUT2D eigenvalue weighted by Gasteiger charge is 2.69. The Bertz CT molecular complexity index is 1290. The molecule has 8 aliphatic rings. The van der Waals surface area contributed by atoms with Crippen molar-refractivity contribution in [1.82, 2.24) is 0 Å². The molecule has 0 amide bonds. The van der Waals surface area contributed by atoms with E-state index >= 15 is 0 Å². The lowest BCUT2D eigenvalue weighted by Crippen LogP contribution is -2.63. The third-order valence-corrected chi connectivity index (χ3v) is 15.2. The van der Waals surface area contributed by atoms with Gasteiger partial charge in [0.1, 0.15) is 36.6 Å². The summed E-state index contributed by atoms with van der Waals surface area (Å²) in [5.74, 6) is 2.08. The lowest BCUT2D eigenvalue weighted by atomic mass is 9.46. The molecule has 0 bridgehead atoms. The van der Waals surface area contributed by atoms with Gasteiger partial charge in [0.25, 0.3) is 0 Å². The third kappa shape index (κ3) is 5.45. The molecule has 4 aliphatic heterocycles. The fraction of sp³-hybridized carbons (Fsp3) is 0.947. The monoisotopic (exact) mass is 708 g/mol. The van der Waals surface area contributed by atoms with Gasteiger partial charge in [0.15, 0.2) is 18.4 Å². The van der Waals surface area contributed by atoms with Crippen LogP contribution in [0.25, 0.3) is 0 Å². The maximum absolute atomic E-state index is 11.1. The molecule has 4 heterocycles. The van der Waals surface area contributed by atoms with Crippen LogP contribution in [0.4, 0.5) is 0 Å². The Morgan fingerprint density at radius 2 is 1.60 bits per heavy atom. The molecule has 8 rings (SSSR count). The van der Waals surface area contributed by atoms with Gasteiger partial charge in [-0.2, -0.15) is 0 Å². The number of hydrogen-bond donors (Lipinski definition) is 6. The summed E-state index contributed by atoms with van der Waals surface area (Å²) in [4.78, 5) is 0. The standard InChI is InChI=1S/C38H60O12/c1-17-8-11-38(46-15-17)18(2)28-26(50-38)14-24-22-7-6-20-12-21(39)13-27(37(20,5)23(22)9-10-36(24,28)4)48-35-33(30(42)25(40)16-45-35)49-34-32(44)31(43)29(41)19(3)47-34/h6,17-19,21-35,39-44H,7-16H2,1-5H3/t17-,18+,19-,21-,22-,23+,24-,25+,26-,27-,28+,29+,30+,31+,32+,33+,34+,35+,36+,37+,38+/m1/s1. The fourth-order valence-corrected chi connectivity index (χ4v) is 12.4. The van der Waals surface area contributed by atoms with Crippen molar-refractivity contribution in [1.29, 1.82) is 0 Å². The van der Waals surface area contributed by atoms with Crippen LogP contribution in [0.1, 0.15) is 86.0 Å². The number of hydrogen-bond acceptors (Lipinski definition) is 12. The van der Waals surface area contributed by atoms with Crippen molar-refractivity contribution in [2.24, 2.45) is 46.3 Å². The Labute approximate surface area is 295 Å². The summed E-state index contributed by atoms with van der Waals surface area (Å²) < 4.78 is 38.0. The number of allylic oxidation sites excluding steroid dienone is 1. The normalized spacial score (nSPS) is 59.3. The Morgan fingerprint density at radius 3 is 2.34 bits per heavy atom. The third-order valence-electron chi connectivity index (χ3n) is 15.2. The Morgan fingerprint density at radius 1 is 0.820 bits per heavy atom. The van der Waals surface area contributed by atoms with Crippen molar-refractivity contribution in [2.75, 3.05) is 13.2 Å². The first-order valence-electron chi connectivity index (χ1n) is 19.4. The minimum Gasteiger partial charge on any atom is -0.393 e. The molecule has 0 aromatic heterocycles. The second kappa shape index (κ2) is 12.9. The van der Waals surface area contributed by atoms with E-state index in [0.29, 0.717) is 48.3 Å². The van der Waals surface area contributed by atoms with Crippen LogP contribution in [0.3, 0.4) is 0 Å². The summed E-state index contributed by atoms with van der Waals surface area (Å²) in [6.45, 7) is 11.5. The van der Waals surface area contributed by atoms with Gasteiger partial charge in [-0.15, -0.1) is 0 Å². The van der Waals surface area contributed by atoms with E-state index in [1.807, 2.05) is 0 Å². The molecule has 284 valence electrons. The molecular weight excluding hydrogens is 648 g/mol. The SMILES string of the molecule is C[C@@H]1CC[C@]2(OC1)O[C@@H]1C[C@@H]3[C@@H]4CC=C5C[C@@H](O)C[C@@H](O[C@@H]6OC[C@H](O)[C@H](O)[C@@H]6O[C@@H]6O[C@H](C)[C@H](O)[C@H](O)[C@@H]6O)[C@]5(C)[C@H]4CC[C@]3(C)[C@H]1[C@@H]2C. The summed E-state index contributed by atoms with van der Waals surface area (Å²) in [7, 11) is 0. The molecule has 1 spiro atoms. The van der Waals surface area contributed by atoms with Crippen LogP contribution in [-0.4, -0.2) is 123 Å². The molecule has 0 aromatic carbocycles. The average molecular weight is 709 g/mol. The van der Waals surface area contributed by atoms with Crippen molar-refractivity contribution < 1.29 is 59.1 Å². The van der Waals surface area contributed by atoms with Gasteiger partial charge >= 0.3 is 0 Å². The van der Waals surface area contributed by atoms with E-state index in [9.17, 15) is 30.6 Å². The summed E-state index contributed by atoms with van der Waals surface area (Å²) in [6.07, 6.45) is -3.26. The molecule has 21 atom stereocenters. The van der Waals surface area contributed by atoms with E-state index in [0.717, 1.165) is 45.1 Å². The largest absolute Gasteiger partial charge is 0.393 e. The van der Waals surface area contributed by atoms with Crippen LogP contribution in [0, 0.1) is 46.3 Å². The predicted molar refractivity (Wildman–Crippen MR) is 177 cm³/mol. The van der Waals surface area contributed by atoms with Crippen LogP contribution >= 0.6 is 0 Å². The zero-order valence-corrected chi connectivity index (χ0v) is 30.2. The number of ether oxygens (including phenoxy) is 6. The van der Waals surface area contributed by atoms with Crippen molar-refractivity contribution in [3.63, 3.8) is 0 Å². The summed E-state index contributed by atoms with van der Waals surface area (Å²) in [5, 5.41) is 64.1. The zero-order chi connectivity index (χ0) is 35.5. The number of fused-ring (bicyclic) bond motifs is 7. The molecule has 3 saturated carbocycles. The molecule has 0 aromatic rings. The molecule has 4 aliphatic carbocycles. The Kier molecular flexibility index (Phi) is 9.38. The molecule has 7 fully saturated rings. The molecule has 12 nitrogen and oxygen atoms in total. The highest BCUT2D eigenvalue weighted by molar-refractivity contribution is 5.28. The average Bonchev–Trinajstić information content (AvgIpc) is 3.53. The van der Waals surface area contributed by atoms with Crippen molar-refractivity contribution >= 4 is 0 Å². The van der Waals surface area contributed by atoms with Crippen molar-refractivity contribution in [3.8, 4) is 0 Å². The lowest BCUT2D eigenvalue weighted by molar-refractivity contribution is -0.362. The summed E-state index contributed by atoms with van der Waals surface area (Å²) in [6, 6.07) is 0. The number of aliphatic hydroxyl groups is 6. The molecule has 12 heteroatoms. The summed E-state index contributed by atoms with van der Waals surface area (Å²) >= 11 is 0. The van der Waals surface area contributed by atoms with Crippen LogP contribution in [-0.2, 0) is 28.4 Å². The second-order valence-corrected chi connectivity index (χ2v) is 17.9. The maximum Gasteiger partial charge on any atom is 0.187 e. The van der Waals surface area contributed by atoms with E-state index in [2.05, 4.69) is 33.8 Å². The molecule has 6 N–H and O–H groups in total. The van der Waals surface area contributed by atoms with Gasteiger partial charge in [0.2, 0.25) is 0 Å². The highest BCUT2D eigenvalue weighted by atomic mass is 16.8. The second-order valence-electron chi connectivity index (χ2n) is 17.9. The van der Waals surface area contributed by atoms with Gasteiger partial charge in [-0.25, -0.2) is 0 Å². The van der Waals surface area contributed by atoms with Crippen molar-refractivity contribution in [2.45, 2.75) is 165 Å². The topological polar surface area (TPSA) is 177 Å². The zero-order valence-electron chi connectivity index (χ0n) is 30.2. The summed E-state index contributed by atoms with van der Waals surface area (Å²) in [5.41, 5.74) is 0.917. The number of rotatable bonds is 4. The Hall–Kier alpha value is -0.740. The molecule has 4 saturated heterocycles. The number of aliphatic hydroxyl groups excluding tert-OH is 6. The van der Waals surface area contributed by atoms with Crippen LogP contribution in [0.2, 0.25) is 0 Å². The van der Waals surface area contributed by atoms with Gasteiger partial charge < -0.3 is 59.1 Å². The maximum atomic E-state index is 11.1. The van der Waals surface area contributed by atoms with Gasteiger partial charge in [-0.1, -0.05) is 39.3 Å². The van der Waals surface area contributed by atoms with E-state index in [1.54, 1.807) is 6.92 Å². The minimum atomic E-state index is -1.60. The van der Waals surface area contributed by atoms with E-state index in [-0.39, 0.29) is 18.1 Å². The van der Waals surface area contributed by atoms with Gasteiger partial charge in [0.05, 0.1) is 37.6 Å². The van der Waals surface area contributed by atoms with Gasteiger partial charge in [0, 0.05) is 24.2 Å². The van der Waals surface area contributed by atoms with E-state index in [1.165, 1.54) is 5.57 Å². The lowest BCUT2D eigenvalue weighted by Gasteiger charge is -2.60. The molecule has 0 radical (unpaired) electrons. The first-order valence-corrected chi connectivity index (χ1v) is 19.4. The minimum absolute atomic E-state index is 0.134. The van der Waals surface area contributed by atoms with Crippen molar-refractivity contribution in [3.05, 3.63) is 11.6 Å². The van der Waals surface area contributed by atoms with E-state index < -0.39 is 78.7 Å². The fourth-order valence-electron chi connectivity index (χ4n) is 12.4. The van der Waals surface area contributed by atoms with E-state index in [4.69, 9.17) is 28.4 Å². The molecule has 50 heavy (non-hydrogen) atoms. The highest BCUT2D eigenvalue weighted by Crippen LogP contribution is 2.71. The van der Waals surface area contributed by atoms with Gasteiger partial charge in [-0.3, -0.25) is 0 Å². The Balaban J connectivity index is 1.04. The quantitative estimate of drug-likeness (QED) is 0.235. The predicted octanol–water partition coefficient (Wildman–Crippen LogP) is 2.00. The van der Waals surface area contributed by atoms with Crippen LogP contribution in [0.5, 0.6) is 0 Å². The first kappa shape index (κ1) is 36.2. The smallest absolute Gasteiger partial charge is 0.187 e. The van der Waals surface area contributed by atoms with Crippen LogP contribution in [0.15, 0.2) is 11.6 Å². The molecular formula is C38H60O12.